The molecule has 0 aromatic carbocycles. The molecule has 0 aromatic rings. The third-order valence-corrected chi connectivity index (χ3v) is 2.66. The first-order valence-corrected chi connectivity index (χ1v) is 4.19. The fraction of sp³-hybridized carbons (Fsp3) is 1.00. The summed E-state index contributed by atoms with van der Waals surface area (Å²) in [5.74, 6) is -0.493. The summed E-state index contributed by atoms with van der Waals surface area (Å²) in [6.45, 7) is 0. The second-order valence-electron chi connectivity index (χ2n) is 3.79. The molecule has 11 heavy (non-hydrogen) atoms. The highest BCUT2D eigenvalue weighted by Crippen LogP contribution is 2.54. The van der Waals surface area contributed by atoms with Crippen LogP contribution >= 0.6 is 0 Å². The Morgan fingerprint density at radius 3 is 1.64 bits per heavy atom. The summed E-state index contributed by atoms with van der Waals surface area (Å²) < 4.78 is 25.0. The van der Waals surface area contributed by atoms with Gasteiger partial charge in [0.2, 0.25) is 0 Å². The second-order valence-corrected chi connectivity index (χ2v) is 3.79. The van der Waals surface area contributed by atoms with Gasteiger partial charge in [-0.1, -0.05) is 0 Å². The van der Waals surface area contributed by atoms with Crippen LogP contribution in [0.2, 0.25) is 0 Å². The number of aliphatic hydroxyl groups is 1. The van der Waals surface area contributed by atoms with Gasteiger partial charge < -0.3 is 5.11 Å². The molecule has 0 atom stereocenters. The lowest BCUT2D eigenvalue weighted by atomic mass is 9.97. The summed E-state index contributed by atoms with van der Waals surface area (Å²) in [5.41, 5.74) is 0. The number of alkyl halides is 2. The van der Waals surface area contributed by atoms with Crippen LogP contribution in [0.15, 0.2) is 0 Å². The van der Waals surface area contributed by atoms with Gasteiger partial charge in [-0.3, -0.25) is 0 Å². The Bertz CT molecular complexity index is 144. The molecule has 2 aliphatic rings. The number of rotatable bonds is 3. The van der Waals surface area contributed by atoms with E-state index in [0.717, 1.165) is 25.7 Å². The van der Waals surface area contributed by atoms with E-state index in [9.17, 15) is 8.78 Å². The summed E-state index contributed by atoms with van der Waals surface area (Å²) in [7, 11) is 0. The lowest BCUT2D eigenvalue weighted by Gasteiger charge is -2.20. The maximum absolute atomic E-state index is 12.5. The van der Waals surface area contributed by atoms with E-state index in [1.165, 1.54) is 0 Å². The third-order valence-electron chi connectivity index (χ3n) is 2.66. The van der Waals surface area contributed by atoms with Crippen LogP contribution in [0, 0.1) is 17.8 Å². The van der Waals surface area contributed by atoms with E-state index >= 15 is 0 Å². The zero-order chi connectivity index (χ0) is 8.06. The topological polar surface area (TPSA) is 20.2 Å². The van der Waals surface area contributed by atoms with Gasteiger partial charge in [-0.15, -0.1) is 0 Å². The monoisotopic (exact) mass is 162 g/mol. The molecule has 0 aliphatic heterocycles. The highest BCUT2D eigenvalue weighted by molar-refractivity contribution is 4.94. The molecule has 0 saturated heterocycles. The van der Waals surface area contributed by atoms with Crippen LogP contribution in [0.5, 0.6) is 0 Å². The van der Waals surface area contributed by atoms with E-state index < -0.39 is 12.0 Å². The number of halogens is 2. The van der Waals surface area contributed by atoms with Gasteiger partial charge in [0.15, 0.2) is 0 Å². The molecule has 0 radical (unpaired) electrons. The van der Waals surface area contributed by atoms with Gasteiger partial charge in [0.1, 0.15) is 0 Å². The van der Waals surface area contributed by atoms with E-state index in [1.54, 1.807) is 0 Å². The molecule has 0 unspecified atom stereocenters. The van der Waals surface area contributed by atoms with Crippen molar-refractivity contribution in [3.8, 4) is 0 Å². The van der Waals surface area contributed by atoms with Gasteiger partial charge >= 0.3 is 6.11 Å². The van der Waals surface area contributed by atoms with Crippen molar-refractivity contribution in [3.63, 3.8) is 0 Å². The van der Waals surface area contributed by atoms with Crippen molar-refractivity contribution >= 4 is 0 Å². The van der Waals surface area contributed by atoms with Gasteiger partial charge in [0.25, 0.3) is 0 Å². The highest BCUT2D eigenvalue weighted by Gasteiger charge is 2.53. The van der Waals surface area contributed by atoms with Crippen molar-refractivity contribution in [2.45, 2.75) is 31.8 Å². The molecular weight excluding hydrogens is 150 g/mol. The van der Waals surface area contributed by atoms with Crippen LogP contribution in [-0.2, 0) is 0 Å². The first kappa shape index (κ1) is 7.47. The van der Waals surface area contributed by atoms with Crippen LogP contribution < -0.4 is 0 Å². The van der Waals surface area contributed by atoms with Crippen LogP contribution in [0.4, 0.5) is 8.78 Å². The van der Waals surface area contributed by atoms with Gasteiger partial charge in [0.05, 0.1) is 5.92 Å². The standard InChI is InChI=1S/C8H12F2O/c9-8(10,11)7(5-1-2-5)6-3-4-6/h5-7,11H,1-4H2. The quantitative estimate of drug-likeness (QED) is 0.673. The maximum atomic E-state index is 12.5. The van der Waals surface area contributed by atoms with Crippen molar-refractivity contribution in [1.29, 1.82) is 0 Å². The molecule has 0 aromatic heterocycles. The van der Waals surface area contributed by atoms with Gasteiger partial charge in [-0.05, 0) is 37.5 Å². The Kier molecular flexibility index (Phi) is 1.46. The molecular formula is C8H12F2O. The SMILES string of the molecule is OC(F)(F)C(C1CC1)C1CC1. The molecule has 0 bridgehead atoms. The van der Waals surface area contributed by atoms with Crippen molar-refractivity contribution in [1.82, 2.24) is 0 Å². The smallest absolute Gasteiger partial charge is 0.336 e. The molecule has 2 aliphatic carbocycles. The summed E-state index contributed by atoms with van der Waals surface area (Å²) in [5, 5.41) is 8.56. The van der Waals surface area contributed by atoms with Crippen molar-refractivity contribution in [2.24, 2.45) is 17.8 Å². The number of hydrogen-bond donors (Lipinski definition) is 1. The summed E-state index contributed by atoms with van der Waals surface area (Å²) in [6.07, 6.45) is 0.131. The first-order valence-electron chi connectivity index (χ1n) is 4.19. The van der Waals surface area contributed by atoms with E-state index in [-0.39, 0.29) is 11.8 Å². The highest BCUT2D eigenvalue weighted by atomic mass is 19.3. The van der Waals surface area contributed by atoms with Crippen molar-refractivity contribution in [2.75, 3.05) is 0 Å². The van der Waals surface area contributed by atoms with Crippen molar-refractivity contribution in [3.05, 3.63) is 0 Å². The Hall–Kier alpha value is -0.180. The number of hydrogen-bond acceptors (Lipinski definition) is 1. The minimum absolute atomic E-state index is 0.113. The molecule has 0 heterocycles. The normalized spacial score (nSPS) is 26.2. The van der Waals surface area contributed by atoms with Crippen molar-refractivity contribution < 1.29 is 13.9 Å². The lowest BCUT2D eigenvalue weighted by molar-refractivity contribution is -0.246. The zero-order valence-corrected chi connectivity index (χ0v) is 6.26. The fourth-order valence-electron chi connectivity index (χ4n) is 1.86. The molecule has 0 amide bonds. The Balaban J connectivity index is 2.02. The lowest BCUT2D eigenvalue weighted by Crippen LogP contribution is -2.30. The van der Waals surface area contributed by atoms with Crippen LogP contribution in [0.1, 0.15) is 25.7 Å². The minimum Gasteiger partial charge on any atom is -0.336 e. The average molecular weight is 162 g/mol. The molecule has 0 spiro atoms. The maximum Gasteiger partial charge on any atom is 0.356 e. The molecule has 1 N–H and O–H groups in total. The Labute approximate surface area is 64.4 Å². The average Bonchev–Trinajstić information content (AvgIpc) is 2.50. The van der Waals surface area contributed by atoms with Crippen LogP contribution in [0.3, 0.4) is 0 Å². The van der Waals surface area contributed by atoms with Gasteiger partial charge in [-0.25, -0.2) is 0 Å². The molecule has 64 valence electrons. The van der Waals surface area contributed by atoms with Crippen LogP contribution in [0.25, 0.3) is 0 Å². The largest absolute Gasteiger partial charge is 0.356 e. The van der Waals surface area contributed by atoms with E-state index in [2.05, 4.69) is 0 Å². The first-order chi connectivity index (χ1) is 5.09. The zero-order valence-electron chi connectivity index (χ0n) is 6.26. The van der Waals surface area contributed by atoms with Gasteiger partial charge in [-0.2, -0.15) is 8.78 Å². The summed E-state index contributed by atoms with van der Waals surface area (Å²) in [6, 6.07) is 0. The predicted octanol–water partition coefficient (Wildman–Crippen LogP) is 2.01. The fourth-order valence-corrected chi connectivity index (χ4v) is 1.86. The molecule has 1 nitrogen and oxygen atoms in total. The molecule has 2 rings (SSSR count). The predicted molar refractivity (Wildman–Crippen MR) is 36.1 cm³/mol. The van der Waals surface area contributed by atoms with E-state index in [0.29, 0.717) is 0 Å². The summed E-state index contributed by atoms with van der Waals surface area (Å²) >= 11 is 0. The summed E-state index contributed by atoms with van der Waals surface area (Å²) in [4.78, 5) is 0. The minimum atomic E-state index is -3.41. The Morgan fingerprint density at radius 1 is 1.09 bits per heavy atom. The molecule has 3 heteroatoms. The third kappa shape index (κ3) is 1.53. The van der Waals surface area contributed by atoms with Gasteiger partial charge in [0, 0.05) is 0 Å². The Morgan fingerprint density at radius 2 is 1.45 bits per heavy atom. The van der Waals surface area contributed by atoms with E-state index in [4.69, 9.17) is 5.11 Å². The van der Waals surface area contributed by atoms with E-state index in [1.807, 2.05) is 0 Å². The van der Waals surface area contributed by atoms with Crippen LogP contribution in [-0.4, -0.2) is 11.2 Å². The molecule has 2 saturated carbocycles. The molecule has 2 fully saturated rings. The second kappa shape index (κ2) is 2.16.